The summed E-state index contributed by atoms with van der Waals surface area (Å²) in [6.45, 7) is 4.16. The average Bonchev–Trinajstić information content (AvgIpc) is 2.64. The van der Waals surface area contributed by atoms with Gasteiger partial charge in [-0.15, -0.1) is 0 Å². The molecule has 1 N–H and O–H groups in total. The molecule has 1 amide bonds. The van der Waals surface area contributed by atoms with Gasteiger partial charge in [0.15, 0.2) is 6.54 Å². The van der Waals surface area contributed by atoms with Crippen LogP contribution in [0.1, 0.15) is 32.1 Å². The van der Waals surface area contributed by atoms with Crippen LogP contribution >= 0.6 is 11.6 Å². The standard InChI is InChI=1S/C19H28ClN3O3S/c20-17-8-4-5-9-18(17)27(25,26)23-14-12-22(13-15-23)19(24)16-21-10-6-2-1-3-7-11-21/h4-5,8-9H,1-3,6-7,10-16H2/p+1. The number of piperazine rings is 1. The smallest absolute Gasteiger partial charge is 0.277 e. The number of quaternary nitrogens is 1. The van der Waals surface area contributed by atoms with Crippen LogP contribution in [-0.4, -0.2) is 69.3 Å². The summed E-state index contributed by atoms with van der Waals surface area (Å²) < 4.78 is 27.0. The molecule has 0 saturated carbocycles. The number of rotatable bonds is 4. The molecule has 1 aromatic rings. The molecule has 150 valence electrons. The Morgan fingerprint density at radius 3 is 2.19 bits per heavy atom. The highest BCUT2D eigenvalue weighted by atomic mass is 35.5. The maximum Gasteiger partial charge on any atom is 0.277 e. The summed E-state index contributed by atoms with van der Waals surface area (Å²) in [6.07, 6.45) is 6.20. The first-order valence-electron chi connectivity index (χ1n) is 9.84. The third-order valence-corrected chi connectivity index (χ3v) is 7.91. The number of sulfonamides is 1. The zero-order valence-corrected chi connectivity index (χ0v) is 17.3. The first-order chi connectivity index (χ1) is 13.0. The number of hydrogen-bond donors (Lipinski definition) is 1. The summed E-state index contributed by atoms with van der Waals surface area (Å²) in [5.41, 5.74) is 0. The Bertz CT molecular complexity index is 740. The van der Waals surface area contributed by atoms with Crippen molar-refractivity contribution in [2.45, 2.75) is 37.0 Å². The van der Waals surface area contributed by atoms with Crippen molar-refractivity contribution < 1.29 is 18.1 Å². The second-order valence-corrected chi connectivity index (χ2v) is 9.72. The van der Waals surface area contributed by atoms with Crippen LogP contribution in [0, 0.1) is 0 Å². The molecule has 2 aliphatic heterocycles. The molecular weight excluding hydrogens is 386 g/mol. The topological polar surface area (TPSA) is 62.1 Å². The Hall–Kier alpha value is -1.15. The number of halogens is 1. The molecule has 1 aromatic carbocycles. The molecular formula is C19H29ClN3O3S+. The van der Waals surface area contributed by atoms with Gasteiger partial charge in [0.2, 0.25) is 10.0 Å². The highest BCUT2D eigenvalue weighted by Gasteiger charge is 2.32. The maximum atomic E-state index is 12.8. The van der Waals surface area contributed by atoms with E-state index >= 15 is 0 Å². The molecule has 0 unspecified atom stereocenters. The summed E-state index contributed by atoms with van der Waals surface area (Å²) >= 11 is 6.07. The van der Waals surface area contributed by atoms with Crippen molar-refractivity contribution in [1.29, 1.82) is 0 Å². The minimum atomic E-state index is -3.62. The van der Waals surface area contributed by atoms with E-state index in [4.69, 9.17) is 11.6 Å². The molecule has 2 aliphatic rings. The number of nitrogens with zero attached hydrogens (tertiary/aromatic N) is 2. The third kappa shape index (κ3) is 5.22. The van der Waals surface area contributed by atoms with E-state index in [9.17, 15) is 13.2 Å². The van der Waals surface area contributed by atoms with Crippen LogP contribution in [0.4, 0.5) is 0 Å². The minimum Gasteiger partial charge on any atom is -0.335 e. The lowest BCUT2D eigenvalue weighted by Crippen LogP contribution is -3.13. The van der Waals surface area contributed by atoms with Gasteiger partial charge in [0.1, 0.15) is 4.90 Å². The fourth-order valence-corrected chi connectivity index (χ4v) is 5.79. The quantitative estimate of drug-likeness (QED) is 0.800. The molecule has 0 aliphatic carbocycles. The minimum absolute atomic E-state index is 0.136. The van der Waals surface area contributed by atoms with Crippen LogP contribution in [0.3, 0.4) is 0 Å². The molecule has 0 atom stereocenters. The third-order valence-electron chi connectivity index (χ3n) is 5.51. The normalized spacial score (nSPS) is 20.9. The number of nitrogens with one attached hydrogen (secondary N) is 1. The SMILES string of the molecule is O=C(C[NH+]1CCCCCCC1)N1CCN(S(=O)(=O)c2ccccc2Cl)CC1. The van der Waals surface area contributed by atoms with Gasteiger partial charge in [-0.05, 0) is 37.8 Å². The van der Waals surface area contributed by atoms with E-state index in [-0.39, 0.29) is 15.8 Å². The van der Waals surface area contributed by atoms with E-state index in [2.05, 4.69) is 0 Å². The molecule has 0 radical (unpaired) electrons. The maximum absolute atomic E-state index is 12.8. The summed E-state index contributed by atoms with van der Waals surface area (Å²) in [5, 5.41) is 0.233. The van der Waals surface area contributed by atoms with Crippen molar-refractivity contribution in [3.05, 3.63) is 29.3 Å². The van der Waals surface area contributed by atoms with Crippen molar-refractivity contribution in [2.24, 2.45) is 0 Å². The summed E-state index contributed by atoms with van der Waals surface area (Å²) in [7, 11) is -3.62. The number of amides is 1. The Morgan fingerprint density at radius 2 is 1.56 bits per heavy atom. The van der Waals surface area contributed by atoms with Gasteiger partial charge < -0.3 is 9.80 Å². The van der Waals surface area contributed by atoms with Crippen LogP contribution < -0.4 is 4.90 Å². The van der Waals surface area contributed by atoms with Crippen molar-refractivity contribution in [1.82, 2.24) is 9.21 Å². The van der Waals surface area contributed by atoms with Gasteiger partial charge in [-0.1, -0.05) is 30.2 Å². The van der Waals surface area contributed by atoms with E-state index in [0.717, 1.165) is 13.1 Å². The largest absolute Gasteiger partial charge is 0.335 e. The van der Waals surface area contributed by atoms with Crippen molar-refractivity contribution in [3.8, 4) is 0 Å². The van der Waals surface area contributed by atoms with E-state index < -0.39 is 10.0 Å². The summed E-state index contributed by atoms with van der Waals surface area (Å²) in [6, 6.07) is 6.50. The van der Waals surface area contributed by atoms with Gasteiger partial charge in [-0.3, -0.25) is 4.79 Å². The zero-order chi connectivity index (χ0) is 19.3. The number of likely N-dealkylation sites (tertiary alicyclic amines) is 1. The van der Waals surface area contributed by atoms with Crippen molar-refractivity contribution in [3.63, 3.8) is 0 Å². The van der Waals surface area contributed by atoms with Gasteiger partial charge in [0.25, 0.3) is 5.91 Å². The summed E-state index contributed by atoms with van der Waals surface area (Å²) in [4.78, 5) is 16.0. The Balaban J connectivity index is 1.55. The molecule has 2 fully saturated rings. The molecule has 0 bridgehead atoms. The fraction of sp³-hybridized carbons (Fsp3) is 0.632. The van der Waals surface area contributed by atoms with Gasteiger partial charge >= 0.3 is 0 Å². The zero-order valence-electron chi connectivity index (χ0n) is 15.7. The van der Waals surface area contributed by atoms with E-state index in [1.807, 2.05) is 4.90 Å². The van der Waals surface area contributed by atoms with Crippen LogP contribution in [0.15, 0.2) is 29.2 Å². The molecule has 27 heavy (non-hydrogen) atoms. The molecule has 0 spiro atoms. The van der Waals surface area contributed by atoms with E-state index in [1.165, 1.54) is 47.4 Å². The van der Waals surface area contributed by atoms with Crippen LogP contribution in [0.25, 0.3) is 0 Å². The summed E-state index contributed by atoms with van der Waals surface area (Å²) in [5.74, 6) is 0.139. The molecule has 8 heteroatoms. The number of benzene rings is 1. The van der Waals surface area contributed by atoms with Crippen molar-refractivity contribution in [2.75, 3.05) is 45.8 Å². The molecule has 2 heterocycles. The van der Waals surface area contributed by atoms with Gasteiger partial charge in [-0.2, -0.15) is 4.31 Å². The lowest BCUT2D eigenvalue weighted by atomic mass is 10.1. The van der Waals surface area contributed by atoms with E-state index in [0.29, 0.717) is 32.7 Å². The molecule has 3 rings (SSSR count). The van der Waals surface area contributed by atoms with Gasteiger partial charge in [-0.25, -0.2) is 8.42 Å². The van der Waals surface area contributed by atoms with Crippen LogP contribution in [0.2, 0.25) is 5.02 Å². The first kappa shape index (κ1) is 20.6. The number of carbonyl (C=O) groups excluding carboxylic acids is 1. The van der Waals surface area contributed by atoms with Crippen LogP contribution in [-0.2, 0) is 14.8 Å². The highest BCUT2D eigenvalue weighted by Crippen LogP contribution is 2.24. The predicted octanol–water partition coefficient (Wildman–Crippen LogP) is 1.02. The monoisotopic (exact) mass is 414 g/mol. The van der Waals surface area contributed by atoms with Crippen molar-refractivity contribution >= 4 is 27.5 Å². The van der Waals surface area contributed by atoms with Gasteiger partial charge in [0, 0.05) is 26.2 Å². The van der Waals surface area contributed by atoms with Crippen LogP contribution in [0.5, 0.6) is 0 Å². The number of carbonyl (C=O) groups is 1. The second-order valence-electron chi connectivity index (χ2n) is 7.41. The fourth-order valence-electron chi connectivity index (χ4n) is 3.88. The number of hydrogen-bond acceptors (Lipinski definition) is 3. The lowest BCUT2D eigenvalue weighted by Gasteiger charge is -2.34. The average molecular weight is 415 g/mol. The molecule has 0 aromatic heterocycles. The predicted molar refractivity (Wildman–Crippen MR) is 105 cm³/mol. The second kappa shape index (κ2) is 9.37. The Labute approximate surface area is 167 Å². The Morgan fingerprint density at radius 1 is 0.963 bits per heavy atom. The van der Waals surface area contributed by atoms with E-state index in [1.54, 1.807) is 18.2 Å². The lowest BCUT2D eigenvalue weighted by molar-refractivity contribution is -0.893. The first-order valence-corrected chi connectivity index (χ1v) is 11.7. The molecule has 6 nitrogen and oxygen atoms in total. The Kier molecular flexibility index (Phi) is 7.14. The molecule has 2 saturated heterocycles. The van der Waals surface area contributed by atoms with Gasteiger partial charge in [0.05, 0.1) is 18.1 Å². The highest BCUT2D eigenvalue weighted by molar-refractivity contribution is 7.89.